The first kappa shape index (κ1) is 33.7. The minimum Gasteiger partial charge on any atom is -0.493 e. The SMILES string of the molecule is COc1ccc(S(=O)(=O)N(CC(=O)N(Cc2ccc(Cl)cc2)[C@@H](C)C(=O)NCC(C)C)c2cc(C)cc(C)c2)cc1OC. The highest BCUT2D eigenvalue weighted by atomic mass is 35.5. The number of halogens is 1. The van der Waals surface area contributed by atoms with Gasteiger partial charge < -0.3 is 19.7 Å². The summed E-state index contributed by atoms with van der Waals surface area (Å²) in [4.78, 5) is 28.6. The van der Waals surface area contributed by atoms with Gasteiger partial charge in [-0.2, -0.15) is 0 Å². The molecular weight excluding hydrogens is 590 g/mol. The third-order valence-corrected chi connectivity index (χ3v) is 8.86. The van der Waals surface area contributed by atoms with Crippen LogP contribution in [0.3, 0.4) is 0 Å². The maximum Gasteiger partial charge on any atom is 0.264 e. The molecule has 11 heteroatoms. The fraction of sp³-hybridized carbons (Fsp3) is 0.375. The van der Waals surface area contributed by atoms with Crippen LogP contribution in [0, 0.1) is 19.8 Å². The van der Waals surface area contributed by atoms with E-state index >= 15 is 0 Å². The first-order chi connectivity index (χ1) is 20.3. The number of ether oxygens (including phenoxy) is 2. The number of nitrogens with one attached hydrogen (secondary N) is 1. The minimum absolute atomic E-state index is 0.0728. The molecule has 0 unspecified atom stereocenters. The molecule has 0 aliphatic heterocycles. The number of amides is 2. The van der Waals surface area contributed by atoms with Crippen LogP contribution in [0.4, 0.5) is 5.69 Å². The van der Waals surface area contributed by atoms with Gasteiger partial charge in [-0.15, -0.1) is 0 Å². The zero-order chi connectivity index (χ0) is 31.9. The van der Waals surface area contributed by atoms with Crippen molar-refractivity contribution in [2.24, 2.45) is 5.92 Å². The minimum atomic E-state index is -4.29. The Hall–Kier alpha value is -3.76. The van der Waals surface area contributed by atoms with Crippen molar-refractivity contribution in [2.75, 3.05) is 31.6 Å². The summed E-state index contributed by atoms with van der Waals surface area (Å²) in [7, 11) is -1.41. The van der Waals surface area contributed by atoms with Gasteiger partial charge in [0.25, 0.3) is 10.0 Å². The summed E-state index contributed by atoms with van der Waals surface area (Å²) in [6, 6.07) is 15.7. The third-order valence-electron chi connectivity index (χ3n) is 6.83. The van der Waals surface area contributed by atoms with Gasteiger partial charge in [0.15, 0.2) is 11.5 Å². The number of methoxy groups -OCH3 is 2. The predicted octanol–water partition coefficient (Wildman–Crippen LogP) is 5.36. The van der Waals surface area contributed by atoms with Crippen molar-refractivity contribution in [3.63, 3.8) is 0 Å². The fourth-order valence-corrected chi connectivity index (χ4v) is 6.09. The molecular formula is C32H40ClN3O6S. The molecule has 0 radical (unpaired) electrons. The first-order valence-corrected chi connectivity index (χ1v) is 15.7. The van der Waals surface area contributed by atoms with Crippen molar-refractivity contribution >= 4 is 39.1 Å². The molecule has 2 amide bonds. The van der Waals surface area contributed by atoms with E-state index in [9.17, 15) is 18.0 Å². The van der Waals surface area contributed by atoms with E-state index in [-0.39, 0.29) is 29.0 Å². The summed E-state index contributed by atoms with van der Waals surface area (Å²) in [5.41, 5.74) is 2.72. The highest BCUT2D eigenvalue weighted by Crippen LogP contribution is 2.33. The Balaban J connectivity index is 2.09. The lowest BCUT2D eigenvalue weighted by Gasteiger charge is -2.32. The van der Waals surface area contributed by atoms with E-state index in [1.165, 1.54) is 37.3 Å². The van der Waals surface area contributed by atoms with Crippen LogP contribution in [0.2, 0.25) is 5.02 Å². The molecule has 9 nitrogen and oxygen atoms in total. The van der Waals surface area contributed by atoms with Gasteiger partial charge in [-0.3, -0.25) is 13.9 Å². The Morgan fingerprint density at radius 3 is 2.05 bits per heavy atom. The van der Waals surface area contributed by atoms with Crippen LogP contribution < -0.4 is 19.1 Å². The standard InChI is InChI=1S/C32H40ClN3O6S/c1-21(2)18-34-32(38)24(5)35(19-25-8-10-26(33)11-9-25)31(37)20-36(27-15-22(3)14-23(4)16-27)43(39,40)28-12-13-29(41-6)30(17-28)42-7/h8-17,21,24H,18-20H2,1-7H3,(H,34,38)/t24-/m0/s1. The van der Waals surface area contributed by atoms with Gasteiger partial charge in [0.05, 0.1) is 24.8 Å². The summed E-state index contributed by atoms with van der Waals surface area (Å²) in [5, 5.41) is 3.41. The summed E-state index contributed by atoms with van der Waals surface area (Å²) in [6.07, 6.45) is 0. The van der Waals surface area contributed by atoms with Crippen molar-refractivity contribution < 1.29 is 27.5 Å². The summed E-state index contributed by atoms with van der Waals surface area (Å²) in [5.74, 6) is -0.0775. The molecule has 1 N–H and O–H groups in total. The molecule has 3 aromatic carbocycles. The lowest BCUT2D eigenvalue weighted by molar-refractivity contribution is -0.139. The largest absolute Gasteiger partial charge is 0.493 e. The Labute approximate surface area is 259 Å². The topological polar surface area (TPSA) is 105 Å². The normalized spacial score (nSPS) is 12.0. The van der Waals surface area contributed by atoms with E-state index in [0.29, 0.717) is 23.0 Å². The van der Waals surface area contributed by atoms with Crippen LogP contribution in [0.15, 0.2) is 65.6 Å². The first-order valence-electron chi connectivity index (χ1n) is 13.9. The number of rotatable bonds is 13. The average Bonchev–Trinajstić information content (AvgIpc) is 2.96. The monoisotopic (exact) mass is 629 g/mol. The van der Waals surface area contributed by atoms with Crippen molar-refractivity contribution in [1.29, 1.82) is 0 Å². The van der Waals surface area contributed by atoms with Crippen LogP contribution >= 0.6 is 11.6 Å². The van der Waals surface area contributed by atoms with Crippen molar-refractivity contribution in [2.45, 2.75) is 52.1 Å². The number of hydrogen-bond acceptors (Lipinski definition) is 6. The highest BCUT2D eigenvalue weighted by molar-refractivity contribution is 7.92. The number of nitrogens with zero attached hydrogens (tertiary/aromatic N) is 2. The van der Waals surface area contributed by atoms with E-state index in [1.807, 2.05) is 33.8 Å². The van der Waals surface area contributed by atoms with Gasteiger partial charge in [-0.1, -0.05) is 43.6 Å². The molecule has 3 rings (SSSR count). The van der Waals surface area contributed by atoms with E-state index in [2.05, 4.69) is 5.32 Å². The predicted molar refractivity (Wildman–Crippen MR) is 169 cm³/mol. The Bertz CT molecular complexity index is 1520. The summed E-state index contributed by atoms with van der Waals surface area (Å²) >= 11 is 6.07. The zero-order valence-corrected chi connectivity index (χ0v) is 27.3. The Morgan fingerprint density at radius 2 is 1.49 bits per heavy atom. The smallest absolute Gasteiger partial charge is 0.264 e. The number of carbonyl (C=O) groups is 2. The number of sulfonamides is 1. The molecule has 0 heterocycles. The van der Waals surface area contributed by atoms with Crippen LogP contribution in [0.1, 0.15) is 37.5 Å². The molecule has 232 valence electrons. The van der Waals surface area contributed by atoms with E-state index < -0.39 is 28.5 Å². The quantitative estimate of drug-likeness (QED) is 0.273. The van der Waals surface area contributed by atoms with Crippen molar-refractivity contribution in [1.82, 2.24) is 10.2 Å². The van der Waals surface area contributed by atoms with Crippen molar-refractivity contribution in [3.8, 4) is 11.5 Å². The lowest BCUT2D eigenvalue weighted by atomic mass is 10.1. The van der Waals surface area contributed by atoms with Gasteiger partial charge in [0.1, 0.15) is 12.6 Å². The average molecular weight is 630 g/mol. The summed E-state index contributed by atoms with van der Waals surface area (Å²) in [6.45, 7) is 9.26. The third kappa shape index (κ3) is 8.64. The Kier molecular flexibility index (Phi) is 11.5. The van der Waals surface area contributed by atoms with Gasteiger partial charge in [-0.25, -0.2) is 8.42 Å². The maximum atomic E-state index is 14.2. The summed E-state index contributed by atoms with van der Waals surface area (Å²) < 4.78 is 40.2. The fourth-order valence-electron chi connectivity index (χ4n) is 4.55. The van der Waals surface area contributed by atoms with Gasteiger partial charge in [0.2, 0.25) is 11.8 Å². The molecule has 0 aliphatic rings. The van der Waals surface area contributed by atoms with Crippen LogP contribution in [0.5, 0.6) is 11.5 Å². The number of benzene rings is 3. The van der Waals surface area contributed by atoms with E-state index in [0.717, 1.165) is 21.0 Å². The molecule has 0 saturated heterocycles. The number of aryl methyl sites for hydroxylation is 2. The second kappa shape index (κ2) is 14.6. The van der Waals surface area contributed by atoms with Gasteiger partial charge in [0, 0.05) is 24.2 Å². The molecule has 43 heavy (non-hydrogen) atoms. The molecule has 0 spiro atoms. The zero-order valence-electron chi connectivity index (χ0n) is 25.7. The van der Waals surface area contributed by atoms with E-state index in [1.54, 1.807) is 43.3 Å². The van der Waals surface area contributed by atoms with Gasteiger partial charge >= 0.3 is 0 Å². The molecule has 0 aromatic heterocycles. The van der Waals surface area contributed by atoms with Crippen LogP contribution in [-0.2, 0) is 26.2 Å². The highest BCUT2D eigenvalue weighted by Gasteiger charge is 2.33. The van der Waals surface area contributed by atoms with Crippen molar-refractivity contribution in [3.05, 3.63) is 82.4 Å². The second-order valence-corrected chi connectivity index (χ2v) is 13.1. The molecule has 1 atom stereocenters. The molecule has 0 fully saturated rings. The maximum absolute atomic E-state index is 14.2. The van der Waals surface area contributed by atoms with Crippen LogP contribution in [0.25, 0.3) is 0 Å². The number of carbonyl (C=O) groups excluding carboxylic acids is 2. The molecule has 0 bridgehead atoms. The number of hydrogen-bond donors (Lipinski definition) is 1. The van der Waals surface area contributed by atoms with Gasteiger partial charge in [-0.05, 0) is 79.8 Å². The Morgan fingerprint density at radius 1 is 0.884 bits per heavy atom. The molecule has 0 saturated carbocycles. The number of anilines is 1. The van der Waals surface area contributed by atoms with E-state index in [4.69, 9.17) is 21.1 Å². The molecule has 0 aliphatic carbocycles. The lowest BCUT2D eigenvalue weighted by Crippen LogP contribution is -2.51. The van der Waals surface area contributed by atoms with Crippen LogP contribution in [-0.4, -0.2) is 58.5 Å². The molecule has 3 aromatic rings. The second-order valence-electron chi connectivity index (χ2n) is 10.8.